The molecule has 1 saturated carbocycles. The number of carbonyl (C=O) groups excluding carboxylic acids is 1. The summed E-state index contributed by atoms with van der Waals surface area (Å²) in [5.41, 5.74) is 0.140. The zero-order valence-electron chi connectivity index (χ0n) is 9.51. The van der Waals surface area contributed by atoms with Crippen molar-refractivity contribution in [3.8, 4) is 0 Å². The van der Waals surface area contributed by atoms with E-state index in [0.717, 1.165) is 12.8 Å². The highest BCUT2D eigenvalue weighted by Gasteiger charge is 2.32. The molecule has 0 aliphatic heterocycles. The largest absolute Gasteiger partial charge is 0.476 e. The van der Waals surface area contributed by atoms with Crippen LogP contribution in [0.5, 0.6) is 0 Å². The van der Waals surface area contributed by atoms with Gasteiger partial charge in [0.15, 0.2) is 5.69 Å². The molecule has 1 aromatic rings. The molecular weight excluding hydrogens is 220 g/mol. The van der Waals surface area contributed by atoms with E-state index in [1.165, 1.54) is 6.20 Å². The van der Waals surface area contributed by atoms with E-state index >= 15 is 0 Å². The quantitative estimate of drug-likeness (QED) is 0.832. The fourth-order valence-electron chi connectivity index (χ4n) is 1.73. The first-order valence-corrected chi connectivity index (χ1v) is 5.58. The molecule has 0 radical (unpaired) electrons. The van der Waals surface area contributed by atoms with Crippen LogP contribution in [0.1, 0.15) is 30.3 Å². The first-order chi connectivity index (χ1) is 8.09. The third kappa shape index (κ3) is 2.61. The normalized spacial score (nSPS) is 16.3. The number of nitrogens with one attached hydrogen (secondary N) is 1. The van der Waals surface area contributed by atoms with E-state index in [-0.39, 0.29) is 23.2 Å². The number of hydrogen-bond donors (Lipinski definition) is 2. The van der Waals surface area contributed by atoms with Crippen molar-refractivity contribution >= 4 is 17.6 Å². The van der Waals surface area contributed by atoms with Gasteiger partial charge in [-0.25, -0.2) is 9.78 Å². The fourth-order valence-corrected chi connectivity index (χ4v) is 1.73. The molecule has 1 unspecified atom stereocenters. The van der Waals surface area contributed by atoms with Crippen LogP contribution in [0, 0.1) is 11.8 Å². The number of nitrogens with zero attached hydrogens (tertiary/aromatic N) is 1. The highest BCUT2D eigenvalue weighted by molar-refractivity contribution is 5.99. The molecule has 1 aromatic heterocycles. The number of aromatic carboxylic acids is 1. The second-order valence-corrected chi connectivity index (χ2v) is 4.32. The standard InChI is InChI=1S/C12H14N2O3/c1-7(8-4-5-8)11(15)14-9-3-2-6-13-10(9)12(16)17/h2-3,6-8H,4-5H2,1H3,(H,14,15)(H,16,17). The molecule has 1 fully saturated rings. The third-order valence-electron chi connectivity index (χ3n) is 3.01. The van der Waals surface area contributed by atoms with Gasteiger partial charge in [-0.1, -0.05) is 6.92 Å². The molecule has 0 spiro atoms. The lowest BCUT2D eigenvalue weighted by atomic mass is 10.1. The van der Waals surface area contributed by atoms with Crippen LogP contribution < -0.4 is 5.32 Å². The van der Waals surface area contributed by atoms with Crippen LogP contribution in [-0.2, 0) is 4.79 Å². The van der Waals surface area contributed by atoms with Crippen molar-refractivity contribution in [2.45, 2.75) is 19.8 Å². The summed E-state index contributed by atoms with van der Waals surface area (Å²) in [5.74, 6) is -0.903. The molecule has 0 bridgehead atoms. The predicted octanol–water partition coefficient (Wildman–Crippen LogP) is 1.76. The van der Waals surface area contributed by atoms with Crippen molar-refractivity contribution in [1.82, 2.24) is 4.98 Å². The molecule has 5 nitrogen and oxygen atoms in total. The Balaban J connectivity index is 2.12. The van der Waals surface area contributed by atoms with Crippen molar-refractivity contribution in [3.05, 3.63) is 24.0 Å². The zero-order valence-corrected chi connectivity index (χ0v) is 9.51. The molecule has 1 atom stereocenters. The molecule has 1 aliphatic rings. The van der Waals surface area contributed by atoms with Gasteiger partial charge in [0.1, 0.15) is 0 Å². The van der Waals surface area contributed by atoms with Gasteiger partial charge in [-0.2, -0.15) is 0 Å². The number of aromatic nitrogens is 1. The van der Waals surface area contributed by atoms with Crippen molar-refractivity contribution < 1.29 is 14.7 Å². The highest BCUT2D eigenvalue weighted by atomic mass is 16.4. The summed E-state index contributed by atoms with van der Waals surface area (Å²) in [5, 5.41) is 11.6. The summed E-state index contributed by atoms with van der Waals surface area (Å²) < 4.78 is 0. The minimum absolute atomic E-state index is 0.0724. The molecule has 1 heterocycles. The van der Waals surface area contributed by atoms with Gasteiger partial charge in [-0.3, -0.25) is 4.79 Å². The number of pyridine rings is 1. The van der Waals surface area contributed by atoms with Gasteiger partial charge in [0.05, 0.1) is 5.69 Å². The lowest BCUT2D eigenvalue weighted by molar-refractivity contribution is -0.119. The van der Waals surface area contributed by atoms with E-state index in [1.807, 2.05) is 6.92 Å². The maximum absolute atomic E-state index is 11.8. The van der Waals surface area contributed by atoms with Gasteiger partial charge in [-0.05, 0) is 30.9 Å². The molecule has 0 saturated heterocycles. The second-order valence-electron chi connectivity index (χ2n) is 4.32. The van der Waals surface area contributed by atoms with E-state index in [4.69, 9.17) is 5.11 Å². The van der Waals surface area contributed by atoms with Gasteiger partial charge in [0.25, 0.3) is 0 Å². The lowest BCUT2D eigenvalue weighted by Crippen LogP contribution is -2.23. The molecule has 90 valence electrons. The average molecular weight is 234 g/mol. The van der Waals surface area contributed by atoms with Crippen molar-refractivity contribution in [2.24, 2.45) is 11.8 Å². The molecule has 5 heteroatoms. The van der Waals surface area contributed by atoms with Crippen LogP contribution in [0.15, 0.2) is 18.3 Å². The molecule has 2 N–H and O–H groups in total. The van der Waals surface area contributed by atoms with Crippen LogP contribution in [0.3, 0.4) is 0 Å². The maximum Gasteiger partial charge on any atom is 0.356 e. The summed E-state index contributed by atoms with van der Waals surface area (Å²) >= 11 is 0. The van der Waals surface area contributed by atoms with Crippen LogP contribution in [0.25, 0.3) is 0 Å². The number of carboxylic acids is 1. The Morgan fingerprint density at radius 3 is 2.82 bits per heavy atom. The summed E-state index contributed by atoms with van der Waals surface area (Å²) in [6, 6.07) is 3.15. The molecular formula is C12H14N2O3. The summed E-state index contributed by atoms with van der Waals surface area (Å²) in [6.45, 7) is 1.86. The van der Waals surface area contributed by atoms with Crippen LogP contribution in [0.4, 0.5) is 5.69 Å². The fraction of sp³-hybridized carbons (Fsp3) is 0.417. The lowest BCUT2D eigenvalue weighted by Gasteiger charge is -2.12. The van der Waals surface area contributed by atoms with E-state index in [2.05, 4.69) is 10.3 Å². The van der Waals surface area contributed by atoms with E-state index in [0.29, 0.717) is 5.92 Å². The van der Waals surface area contributed by atoms with E-state index in [1.54, 1.807) is 12.1 Å². The molecule has 2 rings (SSSR count). The smallest absolute Gasteiger partial charge is 0.356 e. The van der Waals surface area contributed by atoms with Gasteiger partial charge in [0, 0.05) is 12.1 Å². The first-order valence-electron chi connectivity index (χ1n) is 5.58. The number of anilines is 1. The maximum atomic E-state index is 11.8. The number of rotatable bonds is 4. The minimum atomic E-state index is -1.14. The third-order valence-corrected chi connectivity index (χ3v) is 3.01. The molecule has 1 aliphatic carbocycles. The Labute approximate surface area is 98.9 Å². The SMILES string of the molecule is CC(C(=O)Nc1cccnc1C(=O)O)C1CC1. The summed E-state index contributed by atoms with van der Waals surface area (Å²) in [7, 11) is 0. The summed E-state index contributed by atoms with van der Waals surface area (Å²) in [6.07, 6.45) is 3.55. The summed E-state index contributed by atoms with van der Waals surface area (Å²) in [4.78, 5) is 26.5. The van der Waals surface area contributed by atoms with Gasteiger partial charge in [-0.15, -0.1) is 0 Å². The van der Waals surface area contributed by atoms with Gasteiger partial charge < -0.3 is 10.4 Å². The van der Waals surface area contributed by atoms with Gasteiger partial charge in [0.2, 0.25) is 5.91 Å². The Morgan fingerprint density at radius 2 is 2.24 bits per heavy atom. The highest BCUT2D eigenvalue weighted by Crippen LogP contribution is 2.37. The van der Waals surface area contributed by atoms with Crippen LogP contribution in [-0.4, -0.2) is 22.0 Å². The number of carboxylic acid groups (broad SMARTS) is 1. The van der Waals surface area contributed by atoms with Crippen LogP contribution in [0.2, 0.25) is 0 Å². The average Bonchev–Trinajstić information content (AvgIpc) is 3.12. The van der Waals surface area contributed by atoms with E-state index in [9.17, 15) is 9.59 Å². The minimum Gasteiger partial charge on any atom is -0.476 e. The first kappa shape index (κ1) is 11.6. The van der Waals surface area contributed by atoms with Crippen molar-refractivity contribution in [2.75, 3.05) is 5.32 Å². The van der Waals surface area contributed by atoms with Crippen molar-refractivity contribution in [3.63, 3.8) is 0 Å². The van der Waals surface area contributed by atoms with Gasteiger partial charge >= 0.3 is 5.97 Å². The Hall–Kier alpha value is -1.91. The predicted molar refractivity (Wildman–Crippen MR) is 61.7 cm³/mol. The van der Waals surface area contributed by atoms with Crippen molar-refractivity contribution in [1.29, 1.82) is 0 Å². The Bertz CT molecular complexity index is 455. The second kappa shape index (κ2) is 4.53. The van der Waals surface area contributed by atoms with E-state index < -0.39 is 5.97 Å². The number of hydrogen-bond acceptors (Lipinski definition) is 3. The number of amides is 1. The molecule has 1 amide bonds. The monoisotopic (exact) mass is 234 g/mol. The Morgan fingerprint density at radius 1 is 1.53 bits per heavy atom. The number of carbonyl (C=O) groups is 2. The topological polar surface area (TPSA) is 79.3 Å². The van der Waals surface area contributed by atoms with Crippen LogP contribution >= 0.6 is 0 Å². The zero-order chi connectivity index (χ0) is 12.4. The molecule has 0 aromatic carbocycles. The molecule has 17 heavy (non-hydrogen) atoms. The Kier molecular flexibility index (Phi) is 3.08.